The predicted octanol–water partition coefficient (Wildman–Crippen LogP) is 3.35. The fraction of sp³-hybridized carbons (Fsp3) is 0.652. The highest BCUT2D eigenvalue weighted by Crippen LogP contribution is 2.17. The first kappa shape index (κ1) is 26.6. The number of aryl methyl sites for hydroxylation is 1. The van der Waals surface area contributed by atoms with Crippen molar-refractivity contribution in [1.82, 2.24) is 10.2 Å². The van der Waals surface area contributed by atoms with Crippen LogP contribution in [0.4, 0.5) is 5.69 Å². The van der Waals surface area contributed by atoms with Crippen molar-refractivity contribution in [1.29, 1.82) is 0 Å². The normalized spacial score (nSPS) is 21.0. The molecule has 170 valence electrons. The molecule has 6 nitrogen and oxygen atoms in total. The second-order valence-corrected chi connectivity index (χ2v) is 8.98. The minimum absolute atomic E-state index is 0.116. The van der Waals surface area contributed by atoms with E-state index in [1.807, 2.05) is 0 Å². The van der Waals surface area contributed by atoms with Crippen LogP contribution in [0.3, 0.4) is 0 Å². The molecule has 0 bridgehead atoms. The van der Waals surface area contributed by atoms with E-state index in [0.29, 0.717) is 11.8 Å². The number of nitrogens with one attached hydrogen (secondary N) is 2. The van der Waals surface area contributed by atoms with Gasteiger partial charge in [-0.25, -0.2) is 0 Å². The van der Waals surface area contributed by atoms with Crippen LogP contribution in [0.15, 0.2) is 24.3 Å². The van der Waals surface area contributed by atoms with Crippen LogP contribution in [-0.2, 0) is 14.3 Å². The highest BCUT2D eigenvalue weighted by molar-refractivity contribution is 8.00. The third-order valence-corrected chi connectivity index (χ3v) is 5.92. The van der Waals surface area contributed by atoms with E-state index in [4.69, 9.17) is 4.74 Å². The van der Waals surface area contributed by atoms with Crippen LogP contribution in [0.5, 0.6) is 0 Å². The molecular formula is C23H39N3O3S. The van der Waals surface area contributed by atoms with E-state index < -0.39 is 0 Å². The maximum absolute atomic E-state index is 10.7. The Labute approximate surface area is 186 Å². The van der Waals surface area contributed by atoms with Crippen molar-refractivity contribution < 1.29 is 14.3 Å². The van der Waals surface area contributed by atoms with E-state index in [1.54, 1.807) is 25.6 Å². The summed E-state index contributed by atoms with van der Waals surface area (Å²) >= 11 is 1.80. The molecule has 2 unspecified atom stereocenters. The first-order chi connectivity index (χ1) is 14.3. The van der Waals surface area contributed by atoms with Crippen molar-refractivity contribution >= 4 is 29.0 Å². The number of morpholine rings is 1. The zero-order chi connectivity index (χ0) is 22.4. The average molecular weight is 438 g/mol. The first-order valence-corrected chi connectivity index (χ1v) is 11.8. The minimum atomic E-state index is 0.116. The van der Waals surface area contributed by atoms with Crippen LogP contribution in [0.1, 0.15) is 39.7 Å². The molecule has 2 atom stereocenters. The summed E-state index contributed by atoms with van der Waals surface area (Å²) in [4.78, 5) is 23.6. The van der Waals surface area contributed by atoms with Crippen LogP contribution in [0.25, 0.3) is 0 Å². The standard InChI is InChI=1S/C9H13N.C8H15NO2.C6H11NOS/c1-3-10-9-6-4-8(2)5-7-9;1-8(10)2-3-9-4-6-11-7-5-9;1-4(8)6-3-9-5(2)7-6/h4-7,10H,3H2,1-2H3;2-7H2,1H3;5-7H,3H2,1-2H3. The van der Waals surface area contributed by atoms with E-state index in [2.05, 4.69) is 60.6 Å². The van der Waals surface area contributed by atoms with Gasteiger partial charge in [-0.2, -0.15) is 0 Å². The topological polar surface area (TPSA) is 70.7 Å². The van der Waals surface area contributed by atoms with Crippen LogP contribution >= 0.6 is 11.8 Å². The number of ether oxygens (including phenoxy) is 1. The molecule has 7 heteroatoms. The number of anilines is 1. The van der Waals surface area contributed by atoms with E-state index in [1.165, 1.54) is 11.3 Å². The van der Waals surface area contributed by atoms with Crippen molar-refractivity contribution in [3.05, 3.63) is 29.8 Å². The lowest BCUT2D eigenvalue weighted by Crippen LogP contribution is -2.37. The monoisotopic (exact) mass is 437 g/mol. The molecule has 0 aliphatic carbocycles. The Kier molecular flexibility index (Phi) is 13.7. The quantitative estimate of drug-likeness (QED) is 0.707. The van der Waals surface area contributed by atoms with Crippen molar-refractivity contribution in [3.63, 3.8) is 0 Å². The molecule has 1 aromatic rings. The molecule has 2 heterocycles. The highest BCUT2D eigenvalue weighted by Gasteiger charge is 2.23. The summed E-state index contributed by atoms with van der Waals surface area (Å²) in [5.74, 6) is 1.47. The molecule has 1 aromatic carbocycles. The number of Topliss-reactive ketones (excluding diaryl/α,β-unsaturated/α-hetero) is 2. The van der Waals surface area contributed by atoms with E-state index in [0.717, 1.165) is 45.1 Å². The Balaban J connectivity index is 0.000000226. The van der Waals surface area contributed by atoms with Gasteiger partial charge in [0.1, 0.15) is 11.6 Å². The van der Waals surface area contributed by atoms with Gasteiger partial charge in [0.25, 0.3) is 0 Å². The zero-order valence-corrected chi connectivity index (χ0v) is 20.0. The van der Waals surface area contributed by atoms with Gasteiger partial charge in [0, 0.05) is 44.0 Å². The third-order valence-electron chi connectivity index (χ3n) is 4.76. The fourth-order valence-corrected chi connectivity index (χ4v) is 3.94. The number of rotatable bonds is 6. The Morgan fingerprint density at radius 2 is 1.83 bits per heavy atom. The number of hydrogen-bond acceptors (Lipinski definition) is 7. The molecule has 2 N–H and O–H groups in total. The van der Waals surface area contributed by atoms with E-state index >= 15 is 0 Å². The van der Waals surface area contributed by atoms with Crippen molar-refractivity contribution in [2.75, 3.05) is 50.5 Å². The number of carbonyl (C=O) groups is 2. The summed E-state index contributed by atoms with van der Waals surface area (Å²) in [7, 11) is 0. The van der Waals surface area contributed by atoms with E-state index in [9.17, 15) is 9.59 Å². The fourth-order valence-electron chi connectivity index (χ4n) is 2.87. The summed E-state index contributed by atoms with van der Waals surface area (Å²) in [6, 6.07) is 8.53. The van der Waals surface area contributed by atoms with Crippen LogP contribution < -0.4 is 10.6 Å². The molecule has 2 saturated heterocycles. The molecule has 0 aromatic heterocycles. The second kappa shape index (κ2) is 15.4. The largest absolute Gasteiger partial charge is 0.385 e. The number of hydrogen-bond donors (Lipinski definition) is 2. The molecule has 0 amide bonds. The second-order valence-electron chi connectivity index (χ2n) is 7.61. The van der Waals surface area contributed by atoms with Gasteiger partial charge < -0.3 is 10.1 Å². The van der Waals surface area contributed by atoms with Gasteiger partial charge in [-0.05, 0) is 46.8 Å². The molecule has 2 aliphatic rings. The summed E-state index contributed by atoms with van der Waals surface area (Å²) < 4.78 is 5.18. The summed E-state index contributed by atoms with van der Waals surface area (Å²) in [5, 5.41) is 6.86. The number of nitrogens with zero attached hydrogens (tertiary/aromatic N) is 1. The lowest BCUT2D eigenvalue weighted by Gasteiger charge is -2.25. The van der Waals surface area contributed by atoms with Crippen molar-refractivity contribution in [2.24, 2.45) is 0 Å². The zero-order valence-electron chi connectivity index (χ0n) is 19.2. The van der Waals surface area contributed by atoms with Gasteiger partial charge in [-0.15, -0.1) is 11.8 Å². The average Bonchev–Trinajstić information content (AvgIpc) is 3.17. The molecule has 0 saturated carbocycles. The highest BCUT2D eigenvalue weighted by atomic mass is 32.2. The SMILES string of the molecule is CC(=O)C1CSC(C)N1.CC(=O)CCN1CCOCC1.CCNc1ccc(C)cc1. The van der Waals surface area contributed by atoms with Crippen LogP contribution in [0.2, 0.25) is 0 Å². The number of thioether (sulfide) groups is 1. The maximum Gasteiger partial charge on any atom is 0.147 e. The molecule has 2 fully saturated rings. The van der Waals surface area contributed by atoms with E-state index in [-0.39, 0.29) is 17.6 Å². The van der Waals surface area contributed by atoms with Crippen molar-refractivity contribution in [3.8, 4) is 0 Å². The van der Waals surface area contributed by atoms with Gasteiger partial charge in [0.15, 0.2) is 0 Å². The van der Waals surface area contributed by atoms with Gasteiger partial charge in [-0.1, -0.05) is 17.7 Å². The van der Waals surface area contributed by atoms with Gasteiger partial charge >= 0.3 is 0 Å². The van der Waals surface area contributed by atoms with Crippen LogP contribution in [-0.4, -0.2) is 73.0 Å². The molecule has 30 heavy (non-hydrogen) atoms. The lowest BCUT2D eigenvalue weighted by atomic mass is 10.2. The first-order valence-electron chi connectivity index (χ1n) is 10.8. The number of carbonyl (C=O) groups excluding carboxylic acids is 2. The number of benzene rings is 1. The molecule has 0 spiro atoms. The maximum atomic E-state index is 10.7. The summed E-state index contributed by atoms with van der Waals surface area (Å²) in [6.07, 6.45) is 0.681. The minimum Gasteiger partial charge on any atom is -0.385 e. The van der Waals surface area contributed by atoms with Crippen molar-refractivity contribution in [2.45, 2.75) is 52.5 Å². The summed E-state index contributed by atoms with van der Waals surface area (Å²) in [5.41, 5.74) is 2.51. The predicted molar refractivity (Wildman–Crippen MR) is 127 cm³/mol. The Morgan fingerprint density at radius 1 is 1.20 bits per heavy atom. The smallest absolute Gasteiger partial charge is 0.147 e. The Morgan fingerprint density at radius 3 is 2.27 bits per heavy atom. The number of ketones is 2. The Hall–Kier alpha value is -1.41. The van der Waals surface area contributed by atoms with Gasteiger partial charge in [0.05, 0.1) is 24.6 Å². The summed E-state index contributed by atoms with van der Waals surface area (Å²) in [6.45, 7) is 15.0. The molecule has 2 aliphatic heterocycles. The Bertz CT molecular complexity index is 619. The third kappa shape index (κ3) is 12.3. The lowest BCUT2D eigenvalue weighted by molar-refractivity contribution is -0.118. The molecular weight excluding hydrogens is 398 g/mol. The van der Waals surface area contributed by atoms with Gasteiger partial charge in [0.2, 0.25) is 0 Å². The van der Waals surface area contributed by atoms with Crippen LogP contribution in [0, 0.1) is 6.92 Å². The van der Waals surface area contributed by atoms with Gasteiger partial charge in [-0.3, -0.25) is 19.8 Å². The molecule has 0 radical (unpaired) electrons. The molecule has 3 rings (SSSR count).